The lowest BCUT2D eigenvalue weighted by molar-refractivity contribution is 0.475. The lowest BCUT2D eigenvalue weighted by Gasteiger charge is -2.09. The summed E-state index contributed by atoms with van der Waals surface area (Å²) in [6.45, 7) is 0. The molecule has 1 aromatic rings. The first kappa shape index (κ1) is 9.85. The van der Waals surface area contributed by atoms with E-state index in [4.69, 9.17) is 27.7 Å². The third-order valence-corrected chi connectivity index (χ3v) is 2.02. The topological polar surface area (TPSA) is 70.0 Å². The van der Waals surface area contributed by atoms with E-state index in [1.165, 1.54) is 12.1 Å². The molecule has 0 radical (unpaired) electrons. The molecule has 68 valence electrons. The molecule has 0 bridgehead atoms. The molecule has 13 heavy (non-hydrogen) atoms. The van der Waals surface area contributed by atoms with E-state index in [0.717, 1.165) is 0 Å². The Labute approximate surface area is 81.4 Å². The zero-order valence-electron chi connectivity index (χ0n) is 6.87. The molecule has 1 atom stereocenters. The van der Waals surface area contributed by atoms with Crippen LogP contribution in [0.5, 0.6) is 5.75 Å². The van der Waals surface area contributed by atoms with Crippen molar-refractivity contribution in [3.63, 3.8) is 0 Å². The second-order valence-corrected chi connectivity index (χ2v) is 3.08. The van der Waals surface area contributed by atoms with E-state index in [9.17, 15) is 0 Å². The zero-order valence-corrected chi connectivity index (χ0v) is 7.62. The first-order chi connectivity index (χ1) is 6.15. The van der Waals surface area contributed by atoms with Crippen LogP contribution >= 0.6 is 11.6 Å². The Kier molecular flexibility index (Phi) is 3.13. The molecule has 3 nitrogen and oxygen atoms in total. The van der Waals surface area contributed by atoms with Crippen molar-refractivity contribution in [3.05, 3.63) is 28.8 Å². The van der Waals surface area contributed by atoms with E-state index in [2.05, 4.69) is 0 Å². The summed E-state index contributed by atoms with van der Waals surface area (Å²) >= 11 is 5.81. The summed E-state index contributed by atoms with van der Waals surface area (Å²) in [6, 6.07) is 6.10. The van der Waals surface area contributed by atoms with Crippen LogP contribution in [0.25, 0.3) is 0 Å². The normalized spacial score (nSPS) is 12.1. The lowest BCUT2D eigenvalue weighted by Crippen LogP contribution is -2.09. The van der Waals surface area contributed by atoms with Gasteiger partial charge in [0.1, 0.15) is 5.75 Å². The van der Waals surface area contributed by atoms with Crippen molar-refractivity contribution in [2.45, 2.75) is 12.5 Å². The number of phenols is 1. The van der Waals surface area contributed by atoms with Crippen molar-refractivity contribution in [3.8, 4) is 11.8 Å². The number of hydrogen-bond acceptors (Lipinski definition) is 3. The third kappa shape index (κ3) is 2.35. The Morgan fingerprint density at radius 3 is 2.85 bits per heavy atom. The molecule has 0 fully saturated rings. The van der Waals surface area contributed by atoms with E-state index < -0.39 is 6.04 Å². The maximum absolute atomic E-state index is 9.06. The van der Waals surface area contributed by atoms with Crippen LogP contribution in [0.4, 0.5) is 0 Å². The summed E-state index contributed by atoms with van der Waals surface area (Å²) in [7, 11) is 0. The lowest BCUT2D eigenvalue weighted by atomic mass is 10.1. The third-order valence-electron chi connectivity index (χ3n) is 1.69. The second kappa shape index (κ2) is 4.13. The molecule has 0 saturated carbocycles. The SMILES string of the molecule is N#CCC(N)c1ccc(O)cc1Cl. The van der Waals surface area contributed by atoms with Gasteiger partial charge in [-0.25, -0.2) is 0 Å². The predicted octanol–water partition coefficient (Wildman–Crippen LogP) is 1.96. The van der Waals surface area contributed by atoms with Gasteiger partial charge < -0.3 is 10.8 Å². The average Bonchev–Trinajstić information content (AvgIpc) is 2.04. The molecule has 1 unspecified atom stereocenters. The summed E-state index contributed by atoms with van der Waals surface area (Å²) in [4.78, 5) is 0. The fourth-order valence-corrected chi connectivity index (χ4v) is 1.34. The maximum Gasteiger partial charge on any atom is 0.117 e. The van der Waals surface area contributed by atoms with Crippen LogP contribution in [0.3, 0.4) is 0 Å². The van der Waals surface area contributed by atoms with Gasteiger partial charge in [0.15, 0.2) is 0 Å². The number of rotatable bonds is 2. The summed E-state index contributed by atoms with van der Waals surface area (Å²) in [6.07, 6.45) is 0.213. The minimum absolute atomic E-state index is 0.0953. The highest BCUT2D eigenvalue weighted by molar-refractivity contribution is 6.31. The van der Waals surface area contributed by atoms with Crippen LogP contribution in [-0.4, -0.2) is 5.11 Å². The van der Waals surface area contributed by atoms with Crippen molar-refractivity contribution >= 4 is 11.6 Å². The number of nitrogens with zero attached hydrogens (tertiary/aromatic N) is 1. The van der Waals surface area contributed by atoms with Gasteiger partial charge in [-0.3, -0.25) is 0 Å². The van der Waals surface area contributed by atoms with Crippen molar-refractivity contribution in [2.24, 2.45) is 5.73 Å². The number of benzene rings is 1. The average molecular weight is 197 g/mol. The van der Waals surface area contributed by atoms with Gasteiger partial charge in [-0.1, -0.05) is 17.7 Å². The van der Waals surface area contributed by atoms with Gasteiger partial charge in [0.05, 0.1) is 12.5 Å². The maximum atomic E-state index is 9.06. The van der Waals surface area contributed by atoms with Crippen LogP contribution < -0.4 is 5.73 Å². The molecule has 3 N–H and O–H groups in total. The minimum Gasteiger partial charge on any atom is -0.508 e. The van der Waals surface area contributed by atoms with Crippen molar-refractivity contribution in [1.82, 2.24) is 0 Å². The number of halogens is 1. The summed E-state index contributed by atoms with van der Waals surface area (Å²) in [5, 5.41) is 17.9. The first-order valence-electron chi connectivity index (χ1n) is 3.76. The zero-order chi connectivity index (χ0) is 9.84. The minimum atomic E-state index is -0.391. The summed E-state index contributed by atoms with van der Waals surface area (Å²) < 4.78 is 0. The van der Waals surface area contributed by atoms with Crippen molar-refractivity contribution in [1.29, 1.82) is 5.26 Å². The van der Waals surface area contributed by atoms with Gasteiger partial charge in [0.2, 0.25) is 0 Å². The van der Waals surface area contributed by atoms with Crippen molar-refractivity contribution < 1.29 is 5.11 Å². The molecule has 0 aliphatic rings. The van der Waals surface area contributed by atoms with Crippen LogP contribution in [-0.2, 0) is 0 Å². The number of hydrogen-bond donors (Lipinski definition) is 2. The molecule has 0 saturated heterocycles. The molecule has 0 heterocycles. The molecule has 0 amide bonds. The van der Waals surface area contributed by atoms with Gasteiger partial charge in [0, 0.05) is 11.1 Å². The number of nitrogens with two attached hydrogens (primary N) is 1. The Balaban J connectivity index is 2.96. The molecular formula is C9H9ClN2O. The summed E-state index contributed by atoms with van der Waals surface area (Å²) in [5.41, 5.74) is 6.35. The van der Waals surface area contributed by atoms with Gasteiger partial charge in [-0.2, -0.15) is 5.26 Å². The molecule has 0 aliphatic heterocycles. The highest BCUT2D eigenvalue weighted by Crippen LogP contribution is 2.26. The molecule has 0 aromatic heterocycles. The molecule has 1 aromatic carbocycles. The first-order valence-corrected chi connectivity index (χ1v) is 4.14. The molecule has 4 heteroatoms. The van der Waals surface area contributed by atoms with Crippen LogP contribution in [0.15, 0.2) is 18.2 Å². The van der Waals surface area contributed by atoms with E-state index in [1.54, 1.807) is 6.07 Å². The standard InChI is InChI=1S/C9H9ClN2O/c10-8-5-6(13)1-2-7(8)9(12)3-4-11/h1-2,5,9,13H,3,12H2. The Morgan fingerprint density at radius 2 is 2.31 bits per heavy atom. The number of aromatic hydroxyl groups is 1. The van der Waals surface area contributed by atoms with Gasteiger partial charge in [0.25, 0.3) is 0 Å². The van der Waals surface area contributed by atoms with Crippen LogP contribution in [0.1, 0.15) is 18.0 Å². The Bertz CT molecular complexity index is 346. The fraction of sp³-hybridized carbons (Fsp3) is 0.222. The number of nitriles is 1. The smallest absolute Gasteiger partial charge is 0.117 e. The van der Waals surface area contributed by atoms with Crippen molar-refractivity contribution in [2.75, 3.05) is 0 Å². The van der Waals surface area contributed by atoms with E-state index in [1.807, 2.05) is 6.07 Å². The molecule has 0 aliphatic carbocycles. The largest absolute Gasteiger partial charge is 0.508 e. The quantitative estimate of drug-likeness (QED) is 0.760. The molecular weight excluding hydrogens is 188 g/mol. The van der Waals surface area contributed by atoms with E-state index in [0.29, 0.717) is 10.6 Å². The predicted molar refractivity (Wildman–Crippen MR) is 50.3 cm³/mol. The van der Waals surface area contributed by atoms with E-state index >= 15 is 0 Å². The highest BCUT2D eigenvalue weighted by atomic mass is 35.5. The Morgan fingerprint density at radius 1 is 1.62 bits per heavy atom. The Hall–Kier alpha value is -1.24. The fourth-order valence-electron chi connectivity index (χ4n) is 1.03. The second-order valence-electron chi connectivity index (χ2n) is 2.67. The van der Waals surface area contributed by atoms with Crippen LogP contribution in [0, 0.1) is 11.3 Å². The van der Waals surface area contributed by atoms with Gasteiger partial charge in [-0.15, -0.1) is 0 Å². The van der Waals surface area contributed by atoms with Gasteiger partial charge in [-0.05, 0) is 17.7 Å². The van der Waals surface area contributed by atoms with Crippen LogP contribution in [0.2, 0.25) is 5.02 Å². The highest BCUT2D eigenvalue weighted by Gasteiger charge is 2.09. The molecule has 1 rings (SSSR count). The number of phenolic OH excluding ortho intramolecular Hbond substituents is 1. The van der Waals surface area contributed by atoms with Gasteiger partial charge >= 0.3 is 0 Å². The monoisotopic (exact) mass is 196 g/mol. The summed E-state index contributed by atoms with van der Waals surface area (Å²) in [5.74, 6) is 0.0953. The molecule has 0 spiro atoms. The van der Waals surface area contributed by atoms with E-state index in [-0.39, 0.29) is 12.2 Å².